The van der Waals surface area contributed by atoms with Crippen molar-refractivity contribution in [3.8, 4) is 5.75 Å². The van der Waals surface area contributed by atoms with Crippen LogP contribution in [0.5, 0.6) is 5.75 Å². The molecule has 0 radical (unpaired) electrons. The van der Waals surface area contributed by atoms with Crippen LogP contribution in [0.3, 0.4) is 0 Å². The molecule has 2 heterocycles. The Morgan fingerprint density at radius 2 is 1.82 bits per heavy atom. The number of β-lactam (4-membered cyclic amide) rings is 1. The number of hydrogen-bond donors (Lipinski definition) is 0. The SMILES string of the molecule is CC(=O)C1=C(COc2ccc(C=O)cc2)CS(=O)[C@@H]2[C@H](CC(=O)Cc3ccccc3)C(=O)N12. The van der Waals surface area contributed by atoms with Crippen molar-refractivity contribution in [3.05, 3.63) is 77.0 Å². The van der Waals surface area contributed by atoms with Crippen molar-refractivity contribution in [2.45, 2.75) is 25.1 Å². The molecule has 2 aromatic rings. The van der Waals surface area contributed by atoms with Gasteiger partial charge in [-0.2, -0.15) is 0 Å². The molecular weight excluding hydrogens is 442 g/mol. The Bertz CT molecular complexity index is 1160. The second kappa shape index (κ2) is 9.62. The number of Topliss-reactive ketones (excluding diaryl/α,β-unsaturated/α-hetero) is 2. The molecule has 4 rings (SSSR count). The van der Waals surface area contributed by atoms with E-state index in [1.807, 2.05) is 30.3 Å². The molecule has 2 aromatic carbocycles. The summed E-state index contributed by atoms with van der Waals surface area (Å²) in [7, 11) is -1.46. The Balaban J connectivity index is 1.48. The Morgan fingerprint density at radius 1 is 1.12 bits per heavy atom. The summed E-state index contributed by atoms with van der Waals surface area (Å²) < 4.78 is 18.7. The van der Waals surface area contributed by atoms with E-state index in [9.17, 15) is 23.4 Å². The van der Waals surface area contributed by atoms with E-state index in [2.05, 4.69) is 0 Å². The molecule has 1 unspecified atom stereocenters. The maximum absolute atomic E-state index is 13.0. The van der Waals surface area contributed by atoms with Gasteiger partial charge in [0.05, 0.1) is 17.4 Å². The minimum Gasteiger partial charge on any atom is -0.489 e. The number of carbonyl (C=O) groups is 4. The number of carbonyl (C=O) groups excluding carboxylic acids is 4. The molecule has 0 aromatic heterocycles. The van der Waals surface area contributed by atoms with Gasteiger partial charge in [-0.3, -0.25) is 28.3 Å². The summed E-state index contributed by atoms with van der Waals surface area (Å²) in [6, 6.07) is 15.7. The van der Waals surface area contributed by atoms with Gasteiger partial charge in [0.1, 0.15) is 29.8 Å². The Kier molecular flexibility index (Phi) is 6.65. The standard InChI is InChI=1S/C25H23NO6S/c1-16(28)23-19(14-32-21-9-7-18(13-27)8-10-21)15-33(31)25-22(24(30)26(23)25)12-20(29)11-17-5-3-2-4-6-17/h2-10,13,22,25H,11-12,14-15H2,1H3/t22-,25-,33?/m1/s1. The molecule has 3 atom stereocenters. The highest BCUT2D eigenvalue weighted by molar-refractivity contribution is 7.86. The van der Waals surface area contributed by atoms with Gasteiger partial charge < -0.3 is 4.74 Å². The van der Waals surface area contributed by atoms with E-state index in [0.717, 1.165) is 11.8 Å². The molecule has 0 saturated carbocycles. The molecule has 0 bridgehead atoms. The number of aldehydes is 1. The summed E-state index contributed by atoms with van der Waals surface area (Å²) in [6.45, 7) is 1.36. The maximum Gasteiger partial charge on any atom is 0.234 e. The van der Waals surface area contributed by atoms with Crippen LogP contribution >= 0.6 is 0 Å². The quantitative estimate of drug-likeness (QED) is 0.417. The number of amides is 1. The van der Waals surface area contributed by atoms with Crippen molar-refractivity contribution in [2.24, 2.45) is 5.92 Å². The zero-order chi connectivity index (χ0) is 23.5. The first-order chi connectivity index (χ1) is 15.9. The maximum atomic E-state index is 13.0. The Hall–Kier alpha value is -3.39. The van der Waals surface area contributed by atoms with E-state index >= 15 is 0 Å². The van der Waals surface area contributed by atoms with E-state index in [1.54, 1.807) is 24.3 Å². The van der Waals surface area contributed by atoms with Gasteiger partial charge in [0.2, 0.25) is 5.91 Å². The van der Waals surface area contributed by atoms with Crippen LogP contribution in [0, 0.1) is 5.92 Å². The third-order valence-electron chi connectivity index (χ3n) is 5.77. The van der Waals surface area contributed by atoms with Crippen molar-refractivity contribution in [3.63, 3.8) is 0 Å². The predicted octanol–water partition coefficient (Wildman–Crippen LogP) is 2.47. The van der Waals surface area contributed by atoms with Gasteiger partial charge in [-0.05, 0) is 29.8 Å². The first-order valence-electron chi connectivity index (χ1n) is 10.6. The number of ether oxygens (including phenoxy) is 1. The normalized spacial score (nSPS) is 21.8. The highest BCUT2D eigenvalue weighted by Crippen LogP contribution is 2.40. The lowest BCUT2D eigenvalue weighted by atomic mass is 9.88. The second-order valence-corrected chi connectivity index (χ2v) is 9.65. The first kappa shape index (κ1) is 22.8. The number of benzene rings is 2. The fourth-order valence-corrected chi connectivity index (χ4v) is 5.99. The molecule has 0 spiro atoms. The van der Waals surface area contributed by atoms with Gasteiger partial charge in [-0.15, -0.1) is 0 Å². The topological polar surface area (TPSA) is 97.8 Å². The highest BCUT2D eigenvalue weighted by atomic mass is 32.2. The molecular formula is C25H23NO6S. The molecule has 1 amide bonds. The largest absolute Gasteiger partial charge is 0.489 e. The van der Waals surface area contributed by atoms with E-state index in [0.29, 0.717) is 16.9 Å². The Morgan fingerprint density at radius 3 is 2.45 bits per heavy atom. The van der Waals surface area contributed by atoms with Crippen molar-refractivity contribution >= 4 is 34.6 Å². The van der Waals surface area contributed by atoms with Gasteiger partial charge in [0, 0.05) is 41.7 Å². The zero-order valence-corrected chi connectivity index (χ0v) is 18.9. The van der Waals surface area contributed by atoms with Crippen molar-refractivity contribution in [1.29, 1.82) is 0 Å². The van der Waals surface area contributed by atoms with E-state index < -0.39 is 22.1 Å². The molecule has 2 aliphatic rings. The zero-order valence-electron chi connectivity index (χ0n) is 18.1. The molecule has 8 heteroatoms. The van der Waals surface area contributed by atoms with Crippen LogP contribution in [0.4, 0.5) is 0 Å². The van der Waals surface area contributed by atoms with E-state index in [4.69, 9.17) is 4.74 Å². The molecule has 33 heavy (non-hydrogen) atoms. The average Bonchev–Trinajstić information content (AvgIpc) is 2.81. The molecule has 170 valence electrons. The van der Waals surface area contributed by atoms with Crippen molar-refractivity contribution < 1.29 is 28.1 Å². The smallest absolute Gasteiger partial charge is 0.234 e. The van der Waals surface area contributed by atoms with Gasteiger partial charge in [0.25, 0.3) is 0 Å². The summed E-state index contributed by atoms with van der Waals surface area (Å²) in [4.78, 5) is 49.9. The monoisotopic (exact) mass is 465 g/mol. The number of allylic oxidation sites excluding steroid dienone is 1. The molecule has 7 nitrogen and oxygen atoms in total. The summed E-state index contributed by atoms with van der Waals surface area (Å²) in [6.07, 6.45) is 0.934. The lowest BCUT2D eigenvalue weighted by molar-refractivity contribution is -0.151. The fraction of sp³-hybridized carbons (Fsp3) is 0.280. The molecule has 0 aliphatic carbocycles. The summed E-state index contributed by atoms with van der Waals surface area (Å²) in [5, 5.41) is -0.674. The number of rotatable bonds is 9. The highest BCUT2D eigenvalue weighted by Gasteiger charge is 2.56. The van der Waals surface area contributed by atoms with Gasteiger partial charge in [-0.1, -0.05) is 30.3 Å². The minimum atomic E-state index is -1.46. The van der Waals surface area contributed by atoms with Gasteiger partial charge >= 0.3 is 0 Å². The van der Waals surface area contributed by atoms with Crippen LogP contribution in [0.15, 0.2) is 65.9 Å². The molecule has 0 N–H and O–H groups in total. The third kappa shape index (κ3) is 4.71. The summed E-state index contributed by atoms with van der Waals surface area (Å²) in [5.74, 6) is -0.865. The average molecular weight is 466 g/mol. The number of fused-ring (bicyclic) bond motifs is 1. The second-order valence-electron chi connectivity index (χ2n) is 8.12. The van der Waals surface area contributed by atoms with E-state index in [-0.39, 0.29) is 48.4 Å². The third-order valence-corrected chi connectivity index (χ3v) is 7.48. The molecule has 1 saturated heterocycles. The fourth-order valence-electron chi connectivity index (χ4n) is 4.23. The minimum absolute atomic E-state index is 0.000727. The van der Waals surface area contributed by atoms with Crippen LogP contribution in [-0.2, 0) is 31.6 Å². The molecule has 2 aliphatic heterocycles. The predicted molar refractivity (Wildman–Crippen MR) is 122 cm³/mol. The number of nitrogens with zero attached hydrogens (tertiary/aromatic N) is 1. The van der Waals surface area contributed by atoms with E-state index in [1.165, 1.54) is 11.8 Å². The summed E-state index contributed by atoms with van der Waals surface area (Å²) >= 11 is 0. The molecule has 1 fully saturated rings. The van der Waals surface area contributed by atoms with Crippen LogP contribution in [0.25, 0.3) is 0 Å². The van der Waals surface area contributed by atoms with Crippen LogP contribution in [0.1, 0.15) is 29.3 Å². The lowest BCUT2D eigenvalue weighted by Crippen LogP contribution is -2.65. The number of hydrogen-bond acceptors (Lipinski definition) is 6. The van der Waals surface area contributed by atoms with Crippen LogP contribution in [0.2, 0.25) is 0 Å². The number of ketones is 2. The van der Waals surface area contributed by atoms with Crippen molar-refractivity contribution in [1.82, 2.24) is 4.90 Å². The van der Waals surface area contributed by atoms with Crippen molar-refractivity contribution in [2.75, 3.05) is 12.4 Å². The lowest BCUT2D eigenvalue weighted by Gasteiger charge is -2.49. The van der Waals surface area contributed by atoms with Crippen LogP contribution < -0.4 is 4.74 Å². The summed E-state index contributed by atoms with van der Waals surface area (Å²) in [5.41, 5.74) is 2.06. The first-order valence-corrected chi connectivity index (χ1v) is 11.9. The van der Waals surface area contributed by atoms with Gasteiger partial charge in [0.15, 0.2) is 5.78 Å². The van der Waals surface area contributed by atoms with Crippen LogP contribution in [-0.4, -0.2) is 50.6 Å². The van der Waals surface area contributed by atoms with Gasteiger partial charge in [-0.25, -0.2) is 0 Å². The Labute approximate surface area is 193 Å².